The van der Waals surface area contributed by atoms with E-state index in [-0.39, 0.29) is 0 Å². The molecular weight excluding hydrogens is 276 g/mol. The van der Waals surface area contributed by atoms with Gasteiger partial charge in [-0.3, -0.25) is 0 Å². The first kappa shape index (κ1) is 15.3. The molecule has 0 saturated carbocycles. The lowest BCUT2D eigenvalue weighted by Gasteiger charge is -2.31. The fraction of sp³-hybridized carbons (Fsp3) is 0.571. The molecule has 1 heterocycles. The Hall–Kier alpha value is -1.11. The SMILES string of the molecule is COc1ccc([S@@](=O)N2CCN(C)CC2)c(OC)c1C. The van der Waals surface area contributed by atoms with Crippen LogP contribution in [0.3, 0.4) is 0 Å². The molecule has 5 nitrogen and oxygen atoms in total. The molecular formula is C14H22N2O3S. The molecule has 0 aliphatic carbocycles. The van der Waals surface area contributed by atoms with Gasteiger partial charge in [0.1, 0.15) is 22.5 Å². The highest BCUT2D eigenvalue weighted by Crippen LogP contribution is 2.34. The summed E-state index contributed by atoms with van der Waals surface area (Å²) in [7, 11) is 4.12. The molecule has 0 bridgehead atoms. The minimum Gasteiger partial charge on any atom is -0.496 e. The fourth-order valence-corrected chi connectivity index (χ4v) is 3.71. The molecule has 112 valence electrons. The second-order valence-electron chi connectivity index (χ2n) is 4.91. The second-order valence-corrected chi connectivity index (χ2v) is 6.36. The van der Waals surface area contributed by atoms with Crippen LogP contribution < -0.4 is 9.47 Å². The van der Waals surface area contributed by atoms with Crippen LogP contribution in [0.25, 0.3) is 0 Å². The third-order valence-corrected chi connectivity index (χ3v) is 5.16. The van der Waals surface area contributed by atoms with Crippen LogP contribution in [0.5, 0.6) is 11.5 Å². The molecule has 1 aliphatic heterocycles. The van der Waals surface area contributed by atoms with E-state index in [0.29, 0.717) is 5.75 Å². The van der Waals surface area contributed by atoms with Gasteiger partial charge in [-0.1, -0.05) is 0 Å². The van der Waals surface area contributed by atoms with Crippen LogP contribution in [0.2, 0.25) is 0 Å². The van der Waals surface area contributed by atoms with E-state index in [1.54, 1.807) is 14.2 Å². The van der Waals surface area contributed by atoms with Crippen molar-refractivity contribution in [2.75, 3.05) is 47.4 Å². The number of methoxy groups -OCH3 is 2. The van der Waals surface area contributed by atoms with Gasteiger partial charge in [0.05, 0.1) is 19.1 Å². The van der Waals surface area contributed by atoms with Crippen LogP contribution in [0, 0.1) is 6.92 Å². The minimum atomic E-state index is -1.19. The number of piperazine rings is 1. The monoisotopic (exact) mass is 298 g/mol. The zero-order chi connectivity index (χ0) is 14.7. The van der Waals surface area contributed by atoms with E-state index in [9.17, 15) is 4.21 Å². The minimum absolute atomic E-state index is 0.654. The molecule has 0 N–H and O–H groups in total. The van der Waals surface area contributed by atoms with Gasteiger partial charge in [0.25, 0.3) is 0 Å². The van der Waals surface area contributed by atoms with Gasteiger partial charge in [0, 0.05) is 31.7 Å². The summed E-state index contributed by atoms with van der Waals surface area (Å²) in [6, 6.07) is 3.68. The lowest BCUT2D eigenvalue weighted by atomic mass is 10.2. The Morgan fingerprint density at radius 1 is 1.10 bits per heavy atom. The lowest BCUT2D eigenvalue weighted by molar-refractivity contribution is 0.228. The molecule has 6 heteroatoms. The molecule has 0 spiro atoms. The van der Waals surface area contributed by atoms with Crippen LogP contribution in [-0.4, -0.2) is 60.9 Å². The van der Waals surface area contributed by atoms with Crippen LogP contribution in [-0.2, 0) is 11.0 Å². The summed E-state index contributed by atoms with van der Waals surface area (Å²) in [5.74, 6) is 1.41. The standard InChI is InChI=1S/C14H22N2O3S/c1-11-12(18-3)5-6-13(14(11)19-4)20(17)16-9-7-15(2)8-10-16/h5-6H,7-10H2,1-4H3/t20-/m1/s1. The summed E-state index contributed by atoms with van der Waals surface area (Å²) in [5, 5.41) is 0. The number of nitrogens with zero attached hydrogens (tertiary/aromatic N) is 2. The first-order valence-electron chi connectivity index (χ1n) is 6.65. The van der Waals surface area contributed by atoms with Crippen molar-refractivity contribution in [3.8, 4) is 11.5 Å². The summed E-state index contributed by atoms with van der Waals surface area (Å²) in [5.41, 5.74) is 0.884. The summed E-state index contributed by atoms with van der Waals surface area (Å²) < 4.78 is 25.4. The van der Waals surface area contributed by atoms with Crippen LogP contribution in [0.15, 0.2) is 17.0 Å². The number of hydrogen-bond acceptors (Lipinski definition) is 4. The molecule has 20 heavy (non-hydrogen) atoms. The highest BCUT2D eigenvalue weighted by Gasteiger charge is 2.24. The number of benzene rings is 1. The van der Waals surface area contributed by atoms with Crippen LogP contribution in [0.1, 0.15) is 5.56 Å². The quantitative estimate of drug-likeness (QED) is 0.840. The van der Waals surface area contributed by atoms with E-state index in [1.807, 2.05) is 23.4 Å². The maximum Gasteiger partial charge on any atom is 0.142 e. The van der Waals surface area contributed by atoms with Gasteiger partial charge in [0.15, 0.2) is 0 Å². The van der Waals surface area contributed by atoms with Crippen molar-refractivity contribution in [1.82, 2.24) is 9.21 Å². The van der Waals surface area contributed by atoms with Crippen LogP contribution >= 0.6 is 0 Å². The Labute approximate surface area is 123 Å². The number of likely N-dealkylation sites (N-methyl/N-ethyl adjacent to an activating group) is 1. The third-order valence-electron chi connectivity index (χ3n) is 3.63. The lowest BCUT2D eigenvalue weighted by Crippen LogP contribution is -2.45. The Kier molecular flexibility index (Phi) is 5.01. The smallest absolute Gasteiger partial charge is 0.142 e. The topological polar surface area (TPSA) is 42.0 Å². The van der Waals surface area contributed by atoms with E-state index in [0.717, 1.165) is 42.4 Å². The maximum atomic E-state index is 12.7. The zero-order valence-electron chi connectivity index (χ0n) is 12.5. The predicted molar refractivity (Wildman–Crippen MR) is 79.8 cm³/mol. The van der Waals surface area contributed by atoms with Crippen molar-refractivity contribution in [3.63, 3.8) is 0 Å². The Bertz CT molecular complexity index is 499. The summed E-state index contributed by atoms with van der Waals surface area (Å²) in [6.07, 6.45) is 0. The molecule has 0 amide bonds. The van der Waals surface area contributed by atoms with Crippen molar-refractivity contribution < 1.29 is 13.7 Å². The normalized spacial score (nSPS) is 18.8. The van der Waals surface area contributed by atoms with E-state index < -0.39 is 11.0 Å². The molecule has 1 aromatic carbocycles. The van der Waals surface area contributed by atoms with Gasteiger partial charge in [0.2, 0.25) is 0 Å². The van der Waals surface area contributed by atoms with Gasteiger partial charge in [-0.05, 0) is 26.1 Å². The number of ether oxygens (including phenoxy) is 2. The molecule has 0 radical (unpaired) electrons. The first-order chi connectivity index (χ1) is 9.58. The Morgan fingerprint density at radius 2 is 1.75 bits per heavy atom. The zero-order valence-corrected chi connectivity index (χ0v) is 13.3. The number of hydrogen-bond donors (Lipinski definition) is 0. The molecule has 1 atom stereocenters. The summed E-state index contributed by atoms with van der Waals surface area (Å²) in [4.78, 5) is 2.96. The highest BCUT2D eigenvalue weighted by atomic mass is 32.2. The molecule has 0 unspecified atom stereocenters. The molecule has 1 aromatic rings. The number of rotatable bonds is 4. The fourth-order valence-electron chi connectivity index (χ4n) is 2.35. The van der Waals surface area contributed by atoms with Gasteiger partial charge < -0.3 is 14.4 Å². The van der Waals surface area contributed by atoms with E-state index in [1.165, 1.54) is 0 Å². The highest BCUT2D eigenvalue weighted by molar-refractivity contribution is 7.82. The average Bonchev–Trinajstić information content (AvgIpc) is 2.47. The average molecular weight is 298 g/mol. The van der Waals surface area contributed by atoms with Crippen molar-refractivity contribution in [2.24, 2.45) is 0 Å². The van der Waals surface area contributed by atoms with Gasteiger partial charge in [-0.15, -0.1) is 0 Å². The predicted octanol–water partition coefficient (Wildman–Crippen LogP) is 1.28. The first-order valence-corrected chi connectivity index (χ1v) is 7.76. The molecule has 2 rings (SSSR count). The third kappa shape index (κ3) is 2.97. The van der Waals surface area contributed by atoms with Crippen molar-refractivity contribution in [1.29, 1.82) is 0 Å². The van der Waals surface area contributed by atoms with Crippen LogP contribution in [0.4, 0.5) is 0 Å². The van der Waals surface area contributed by atoms with Gasteiger partial charge >= 0.3 is 0 Å². The van der Waals surface area contributed by atoms with E-state index in [4.69, 9.17) is 9.47 Å². The van der Waals surface area contributed by atoms with E-state index in [2.05, 4.69) is 11.9 Å². The van der Waals surface area contributed by atoms with Gasteiger partial charge in [-0.25, -0.2) is 8.51 Å². The Balaban J connectivity index is 2.28. The van der Waals surface area contributed by atoms with Crippen molar-refractivity contribution >= 4 is 11.0 Å². The van der Waals surface area contributed by atoms with Crippen molar-refractivity contribution in [3.05, 3.63) is 17.7 Å². The van der Waals surface area contributed by atoms with E-state index >= 15 is 0 Å². The Morgan fingerprint density at radius 3 is 2.30 bits per heavy atom. The molecule has 1 aliphatic rings. The largest absolute Gasteiger partial charge is 0.496 e. The van der Waals surface area contributed by atoms with Gasteiger partial charge in [-0.2, -0.15) is 0 Å². The molecule has 1 fully saturated rings. The summed E-state index contributed by atoms with van der Waals surface area (Å²) in [6.45, 7) is 5.39. The maximum absolute atomic E-state index is 12.7. The summed E-state index contributed by atoms with van der Waals surface area (Å²) >= 11 is 0. The van der Waals surface area contributed by atoms with Crippen molar-refractivity contribution in [2.45, 2.75) is 11.8 Å². The second kappa shape index (κ2) is 6.56. The molecule has 1 saturated heterocycles. The molecule has 0 aromatic heterocycles.